The minimum absolute atomic E-state index is 0.178. The Hall–Kier alpha value is -2.90. The molecule has 3 aromatic heterocycles. The van der Waals surface area contributed by atoms with Crippen LogP contribution in [-0.2, 0) is 18.6 Å². The predicted octanol–water partition coefficient (Wildman–Crippen LogP) is 4.68. The molecule has 154 valence electrons. The zero-order valence-corrected chi connectivity index (χ0v) is 18.3. The maximum Gasteiger partial charge on any atom is 0.175 e. The molecular formula is C23H26N6S. The second-order valence-electron chi connectivity index (χ2n) is 8.25. The van der Waals surface area contributed by atoms with Crippen LogP contribution in [0.4, 0.5) is 0 Å². The first-order valence-electron chi connectivity index (χ1n) is 10.0. The van der Waals surface area contributed by atoms with Crippen molar-refractivity contribution in [3.05, 3.63) is 94.2 Å². The molecule has 1 atom stereocenters. The largest absolute Gasteiger partial charge is 0.279 e. The smallest absolute Gasteiger partial charge is 0.175 e. The van der Waals surface area contributed by atoms with E-state index in [0.717, 1.165) is 24.6 Å². The van der Waals surface area contributed by atoms with E-state index in [-0.39, 0.29) is 11.6 Å². The van der Waals surface area contributed by atoms with Crippen molar-refractivity contribution in [1.82, 2.24) is 30.1 Å². The molecule has 1 aromatic carbocycles. The first kappa shape index (κ1) is 20.4. The Morgan fingerprint density at radius 2 is 1.77 bits per heavy atom. The molecule has 0 radical (unpaired) electrons. The zero-order chi connectivity index (χ0) is 21.0. The van der Waals surface area contributed by atoms with Crippen LogP contribution in [0.1, 0.15) is 48.8 Å². The van der Waals surface area contributed by atoms with Gasteiger partial charge in [0, 0.05) is 24.2 Å². The van der Waals surface area contributed by atoms with Crippen LogP contribution < -0.4 is 0 Å². The normalized spacial score (nSPS) is 12.9. The Labute approximate surface area is 181 Å². The van der Waals surface area contributed by atoms with Crippen LogP contribution in [0, 0.1) is 0 Å². The molecule has 0 N–H and O–H groups in total. The van der Waals surface area contributed by atoms with Crippen LogP contribution in [0.3, 0.4) is 0 Å². The van der Waals surface area contributed by atoms with Crippen molar-refractivity contribution in [2.45, 2.75) is 45.4 Å². The van der Waals surface area contributed by atoms with Gasteiger partial charge in [0.05, 0.1) is 11.2 Å². The molecule has 4 aromatic rings. The second kappa shape index (κ2) is 8.85. The highest BCUT2D eigenvalue weighted by Crippen LogP contribution is 2.31. The number of aromatic nitrogens is 5. The fourth-order valence-electron chi connectivity index (χ4n) is 3.52. The van der Waals surface area contributed by atoms with Crippen LogP contribution in [0.15, 0.2) is 72.2 Å². The molecule has 0 unspecified atom stereocenters. The first-order chi connectivity index (χ1) is 14.5. The van der Waals surface area contributed by atoms with Gasteiger partial charge in [-0.25, -0.2) is 4.68 Å². The number of pyridine rings is 1. The Bertz CT molecular complexity index is 1040. The first-order valence-corrected chi connectivity index (χ1v) is 10.9. The quantitative estimate of drug-likeness (QED) is 0.436. The molecule has 0 aliphatic rings. The van der Waals surface area contributed by atoms with E-state index in [2.05, 4.69) is 89.0 Å². The number of tetrazole rings is 1. The van der Waals surface area contributed by atoms with Gasteiger partial charge in [-0.1, -0.05) is 42.5 Å². The van der Waals surface area contributed by atoms with Crippen molar-refractivity contribution in [2.75, 3.05) is 0 Å². The summed E-state index contributed by atoms with van der Waals surface area (Å²) < 4.78 is 1.92. The molecule has 0 fully saturated rings. The van der Waals surface area contributed by atoms with E-state index in [1.165, 1.54) is 10.4 Å². The maximum absolute atomic E-state index is 4.70. The molecule has 4 rings (SSSR count). The number of hydrogen-bond acceptors (Lipinski definition) is 6. The lowest BCUT2D eigenvalue weighted by Gasteiger charge is -2.32. The monoisotopic (exact) mass is 418 g/mol. The minimum Gasteiger partial charge on any atom is -0.279 e. The van der Waals surface area contributed by atoms with E-state index in [1.54, 1.807) is 11.3 Å². The second-order valence-corrected chi connectivity index (χ2v) is 9.28. The van der Waals surface area contributed by atoms with E-state index in [1.807, 2.05) is 29.1 Å². The van der Waals surface area contributed by atoms with Gasteiger partial charge in [-0.3, -0.25) is 9.88 Å². The standard InChI is InChI=1S/C23H26N6S/c1-23(2,3)29-22(25-26-27-29)21(20-13-7-8-14-24-20)28(17-19-12-9-15-30-19)16-18-10-5-4-6-11-18/h4-15,21H,16-17H2,1-3H3/t21-/m0/s1. The number of benzene rings is 1. The van der Waals surface area contributed by atoms with Gasteiger partial charge in [0.2, 0.25) is 0 Å². The fraction of sp³-hybridized carbons (Fsp3) is 0.304. The minimum atomic E-state index is -0.243. The predicted molar refractivity (Wildman–Crippen MR) is 119 cm³/mol. The van der Waals surface area contributed by atoms with Crippen molar-refractivity contribution >= 4 is 11.3 Å². The maximum atomic E-state index is 4.70. The Morgan fingerprint density at radius 1 is 0.967 bits per heavy atom. The van der Waals surface area contributed by atoms with E-state index < -0.39 is 0 Å². The van der Waals surface area contributed by atoms with Gasteiger partial charge in [-0.05, 0) is 60.3 Å². The Balaban J connectivity index is 1.82. The van der Waals surface area contributed by atoms with Crippen molar-refractivity contribution < 1.29 is 0 Å². The fourth-order valence-corrected chi connectivity index (χ4v) is 4.25. The van der Waals surface area contributed by atoms with E-state index >= 15 is 0 Å². The SMILES string of the molecule is CC(C)(C)n1nnnc1[C@H](c1ccccn1)N(Cc1ccccc1)Cc1cccs1. The molecule has 30 heavy (non-hydrogen) atoms. The summed E-state index contributed by atoms with van der Waals surface area (Å²) >= 11 is 1.76. The van der Waals surface area contributed by atoms with Gasteiger partial charge in [-0.2, -0.15) is 0 Å². The Kier molecular flexibility index (Phi) is 6.01. The highest BCUT2D eigenvalue weighted by molar-refractivity contribution is 7.09. The summed E-state index contributed by atoms with van der Waals surface area (Å²) in [4.78, 5) is 8.40. The molecule has 0 spiro atoms. The summed E-state index contributed by atoms with van der Waals surface area (Å²) in [6.45, 7) is 7.89. The average molecular weight is 419 g/mol. The Morgan fingerprint density at radius 3 is 2.43 bits per heavy atom. The molecular weight excluding hydrogens is 392 g/mol. The third-order valence-corrected chi connectivity index (χ3v) is 5.74. The lowest BCUT2D eigenvalue weighted by atomic mass is 10.1. The number of nitrogens with zero attached hydrogens (tertiary/aromatic N) is 6. The van der Waals surface area contributed by atoms with Crippen LogP contribution in [-0.4, -0.2) is 30.1 Å². The van der Waals surface area contributed by atoms with Gasteiger partial charge in [0.1, 0.15) is 6.04 Å². The van der Waals surface area contributed by atoms with Crippen LogP contribution >= 0.6 is 11.3 Å². The lowest BCUT2D eigenvalue weighted by molar-refractivity contribution is 0.184. The summed E-state index contributed by atoms with van der Waals surface area (Å²) in [5.74, 6) is 0.800. The van der Waals surface area contributed by atoms with E-state index in [4.69, 9.17) is 4.98 Å². The van der Waals surface area contributed by atoms with Gasteiger partial charge in [0.15, 0.2) is 5.82 Å². The molecule has 0 saturated heterocycles. The summed E-state index contributed by atoms with van der Waals surface area (Å²) in [5, 5.41) is 14.9. The van der Waals surface area contributed by atoms with Crippen LogP contribution in [0.2, 0.25) is 0 Å². The summed E-state index contributed by atoms with van der Waals surface area (Å²) in [6.07, 6.45) is 1.83. The number of thiophene rings is 1. The number of hydrogen-bond donors (Lipinski definition) is 0. The molecule has 3 heterocycles. The highest BCUT2D eigenvalue weighted by Gasteiger charge is 2.32. The van der Waals surface area contributed by atoms with Crippen LogP contribution in [0.25, 0.3) is 0 Å². The molecule has 0 saturated carbocycles. The molecule has 0 amide bonds. The van der Waals surface area contributed by atoms with Crippen LogP contribution in [0.5, 0.6) is 0 Å². The molecule has 0 aliphatic carbocycles. The van der Waals surface area contributed by atoms with Gasteiger partial charge in [0.25, 0.3) is 0 Å². The van der Waals surface area contributed by atoms with Gasteiger partial charge < -0.3 is 0 Å². The molecule has 6 nitrogen and oxygen atoms in total. The van der Waals surface area contributed by atoms with E-state index in [9.17, 15) is 0 Å². The van der Waals surface area contributed by atoms with Crippen molar-refractivity contribution in [2.24, 2.45) is 0 Å². The third-order valence-electron chi connectivity index (χ3n) is 4.87. The third kappa shape index (κ3) is 4.63. The summed E-state index contributed by atoms with van der Waals surface area (Å²) in [7, 11) is 0. The molecule has 7 heteroatoms. The van der Waals surface area contributed by atoms with E-state index in [0.29, 0.717) is 0 Å². The average Bonchev–Trinajstić information content (AvgIpc) is 3.42. The van der Waals surface area contributed by atoms with Crippen molar-refractivity contribution in [3.8, 4) is 0 Å². The van der Waals surface area contributed by atoms with Crippen molar-refractivity contribution in [1.29, 1.82) is 0 Å². The number of rotatable bonds is 7. The lowest BCUT2D eigenvalue weighted by Crippen LogP contribution is -2.35. The summed E-state index contributed by atoms with van der Waals surface area (Å²) in [5.41, 5.74) is 1.93. The highest BCUT2D eigenvalue weighted by atomic mass is 32.1. The van der Waals surface area contributed by atoms with Gasteiger partial charge in [-0.15, -0.1) is 16.4 Å². The summed E-state index contributed by atoms with van der Waals surface area (Å²) in [6, 6.07) is 20.6. The molecule has 0 aliphatic heterocycles. The topological polar surface area (TPSA) is 59.7 Å². The van der Waals surface area contributed by atoms with Crippen molar-refractivity contribution in [3.63, 3.8) is 0 Å². The molecule has 0 bridgehead atoms. The zero-order valence-electron chi connectivity index (χ0n) is 17.5. The van der Waals surface area contributed by atoms with Gasteiger partial charge >= 0.3 is 0 Å².